The summed E-state index contributed by atoms with van der Waals surface area (Å²) in [5, 5.41) is 10.9. The summed E-state index contributed by atoms with van der Waals surface area (Å²) in [5.74, 6) is -2.36. The predicted octanol–water partition coefficient (Wildman–Crippen LogP) is 1.23. The Kier molecular flexibility index (Phi) is 6.21. The largest absolute Gasteiger partial charge is 0.426 e. The number of amides is 1. The van der Waals surface area contributed by atoms with Gasteiger partial charge in [-0.05, 0) is 19.1 Å². The molecule has 0 radical (unpaired) electrons. The van der Waals surface area contributed by atoms with Crippen molar-refractivity contribution in [2.45, 2.75) is 23.6 Å². The van der Waals surface area contributed by atoms with Crippen molar-refractivity contribution < 1.29 is 39.9 Å². The number of hydrogen-bond acceptors (Lipinski definition) is 7. The minimum atomic E-state index is -5.26. The van der Waals surface area contributed by atoms with Crippen LogP contribution in [0.1, 0.15) is 6.92 Å². The van der Waals surface area contributed by atoms with Crippen molar-refractivity contribution in [3.05, 3.63) is 17.2 Å². The first kappa shape index (κ1) is 23.7. The van der Waals surface area contributed by atoms with E-state index in [4.69, 9.17) is 11.6 Å². The van der Waals surface area contributed by atoms with E-state index in [9.17, 15) is 39.9 Å². The Balaban J connectivity index is 2.51. The van der Waals surface area contributed by atoms with Crippen molar-refractivity contribution in [2.24, 2.45) is 0 Å². The average molecular weight is 479 g/mol. The Morgan fingerprint density at radius 1 is 1.24 bits per heavy atom. The number of anilines is 2. The number of halogens is 4. The Morgan fingerprint density at radius 3 is 2.21 bits per heavy atom. The van der Waals surface area contributed by atoms with Gasteiger partial charge in [-0.1, -0.05) is 11.6 Å². The van der Waals surface area contributed by atoms with Crippen LogP contribution in [0.2, 0.25) is 5.02 Å². The molecule has 1 amide bonds. The van der Waals surface area contributed by atoms with E-state index < -0.39 is 42.4 Å². The van der Waals surface area contributed by atoms with E-state index in [1.807, 2.05) is 5.32 Å². The zero-order valence-corrected chi connectivity index (χ0v) is 17.6. The molecule has 1 aromatic rings. The number of aliphatic hydroxyl groups is 1. The number of carbonyl (C=O) groups excluding carboxylic acids is 1. The molecule has 14 heteroatoms. The average Bonchev–Trinajstić information content (AvgIpc) is 2.54. The maximum Gasteiger partial charge on any atom is 0.426 e. The molecule has 8 nitrogen and oxygen atoms in total. The van der Waals surface area contributed by atoms with Crippen LogP contribution in [0.3, 0.4) is 0 Å². The summed E-state index contributed by atoms with van der Waals surface area (Å²) < 4.78 is 86.1. The Bertz CT molecular complexity index is 1020. The van der Waals surface area contributed by atoms with E-state index in [-0.39, 0.29) is 47.8 Å². The second-order valence-corrected chi connectivity index (χ2v) is 11.4. The molecule has 1 heterocycles. The van der Waals surface area contributed by atoms with Crippen LogP contribution in [0.15, 0.2) is 17.0 Å². The van der Waals surface area contributed by atoms with Gasteiger partial charge in [0.25, 0.3) is 5.91 Å². The van der Waals surface area contributed by atoms with E-state index in [1.54, 1.807) is 0 Å². The highest BCUT2D eigenvalue weighted by Gasteiger charge is 2.55. The molecule has 29 heavy (non-hydrogen) atoms. The molecule has 1 aliphatic heterocycles. The zero-order chi connectivity index (χ0) is 22.4. The molecule has 0 bridgehead atoms. The first-order valence-corrected chi connectivity index (χ1v) is 12.1. The summed E-state index contributed by atoms with van der Waals surface area (Å²) in [5.41, 5.74) is -4.21. The second-order valence-electron chi connectivity index (χ2n) is 6.71. The van der Waals surface area contributed by atoms with Crippen molar-refractivity contribution in [1.82, 2.24) is 0 Å². The summed E-state index contributed by atoms with van der Waals surface area (Å²) in [4.78, 5) is 13.0. The standard InChI is InChI=1S/C15H18ClF3N2O6S2/c1-14(23,15(17,18)19)13(22)20-9-3-4-10(28(2,24)25)12(11(9)16)21-5-7-29(26,27)8-6-21/h3-4,23H,5-8H2,1-2H3,(H,20,22)/t14-/m1/s1. The lowest BCUT2D eigenvalue weighted by atomic mass is 10.1. The van der Waals surface area contributed by atoms with Crippen molar-refractivity contribution in [3.63, 3.8) is 0 Å². The molecule has 0 unspecified atom stereocenters. The molecule has 0 aliphatic carbocycles. The number of carbonyl (C=O) groups is 1. The lowest BCUT2D eigenvalue weighted by Gasteiger charge is -2.32. The van der Waals surface area contributed by atoms with Gasteiger partial charge in [0.1, 0.15) is 0 Å². The van der Waals surface area contributed by atoms with Crippen molar-refractivity contribution in [2.75, 3.05) is 41.1 Å². The van der Waals surface area contributed by atoms with Gasteiger partial charge >= 0.3 is 6.18 Å². The van der Waals surface area contributed by atoms with Gasteiger partial charge in [0, 0.05) is 19.3 Å². The predicted molar refractivity (Wildman–Crippen MR) is 101 cm³/mol. The highest BCUT2D eigenvalue weighted by atomic mass is 35.5. The SMILES string of the molecule is C[C@@](O)(C(=O)Nc1ccc(S(C)(=O)=O)c(N2CCS(=O)(=O)CC2)c1Cl)C(F)(F)F. The smallest absolute Gasteiger partial charge is 0.373 e. The van der Waals surface area contributed by atoms with E-state index >= 15 is 0 Å². The summed E-state index contributed by atoms with van der Waals surface area (Å²) in [6, 6.07) is 2.03. The summed E-state index contributed by atoms with van der Waals surface area (Å²) in [7, 11) is -7.16. The van der Waals surface area contributed by atoms with Crippen LogP contribution in [-0.4, -0.2) is 70.5 Å². The minimum absolute atomic E-state index is 0.0950. The van der Waals surface area contributed by atoms with Gasteiger partial charge in [-0.25, -0.2) is 16.8 Å². The molecule has 1 aliphatic rings. The Labute approximate surface area is 170 Å². The van der Waals surface area contributed by atoms with Crippen LogP contribution in [-0.2, 0) is 24.5 Å². The number of rotatable bonds is 4. The maximum atomic E-state index is 12.9. The second kappa shape index (κ2) is 7.60. The minimum Gasteiger partial charge on any atom is -0.373 e. The van der Waals surface area contributed by atoms with Crippen LogP contribution in [0.5, 0.6) is 0 Å². The lowest BCUT2D eigenvalue weighted by Crippen LogP contribution is -2.52. The summed E-state index contributed by atoms with van der Waals surface area (Å²) >= 11 is 6.20. The molecule has 1 fully saturated rings. The third kappa shape index (κ3) is 4.95. The van der Waals surface area contributed by atoms with E-state index in [0.717, 1.165) is 18.4 Å². The molecule has 1 aromatic carbocycles. The number of alkyl halides is 3. The lowest BCUT2D eigenvalue weighted by molar-refractivity contribution is -0.242. The van der Waals surface area contributed by atoms with Crippen LogP contribution >= 0.6 is 11.6 Å². The van der Waals surface area contributed by atoms with Crippen molar-refractivity contribution in [3.8, 4) is 0 Å². The quantitative estimate of drug-likeness (QED) is 0.667. The maximum absolute atomic E-state index is 12.9. The molecule has 0 aromatic heterocycles. The molecule has 164 valence electrons. The third-order valence-corrected chi connectivity index (χ3v) is 7.50. The highest BCUT2D eigenvalue weighted by molar-refractivity contribution is 7.91. The van der Waals surface area contributed by atoms with Crippen LogP contribution in [0, 0.1) is 0 Å². The van der Waals surface area contributed by atoms with Gasteiger partial charge in [-0.2, -0.15) is 13.2 Å². The van der Waals surface area contributed by atoms with Gasteiger partial charge in [0.05, 0.1) is 32.8 Å². The fourth-order valence-electron chi connectivity index (χ4n) is 2.55. The number of nitrogens with one attached hydrogen (secondary N) is 1. The van der Waals surface area contributed by atoms with Gasteiger partial charge in [-0.3, -0.25) is 4.79 Å². The van der Waals surface area contributed by atoms with Gasteiger partial charge in [0.2, 0.25) is 5.60 Å². The van der Waals surface area contributed by atoms with Crippen LogP contribution < -0.4 is 10.2 Å². The van der Waals surface area contributed by atoms with Crippen molar-refractivity contribution in [1.29, 1.82) is 0 Å². The monoisotopic (exact) mass is 478 g/mol. The fourth-order valence-corrected chi connectivity index (χ4v) is 5.03. The number of benzene rings is 1. The molecular weight excluding hydrogens is 461 g/mol. The molecule has 1 atom stereocenters. The molecule has 0 spiro atoms. The third-order valence-electron chi connectivity index (χ3n) is 4.38. The zero-order valence-electron chi connectivity index (χ0n) is 15.2. The van der Waals surface area contributed by atoms with E-state index in [0.29, 0.717) is 0 Å². The molecule has 0 saturated carbocycles. The number of hydrogen-bond donors (Lipinski definition) is 2. The molecular formula is C15H18ClF3N2O6S2. The molecule has 2 N–H and O–H groups in total. The first-order chi connectivity index (χ1) is 13.0. The van der Waals surface area contributed by atoms with Crippen LogP contribution in [0.4, 0.5) is 24.5 Å². The molecule has 1 saturated heterocycles. The Hall–Kier alpha value is -1.57. The van der Waals surface area contributed by atoms with Gasteiger partial charge in [0.15, 0.2) is 19.7 Å². The summed E-state index contributed by atoms with van der Waals surface area (Å²) in [6.07, 6.45) is -4.38. The summed E-state index contributed by atoms with van der Waals surface area (Å²) in [6.45, 7) is 0.0714. The Morgan fingerprint density at radius 2 is 1.76 bits per heavy atom. The highest BCUT2D eigenvalue weighted by Crippen LogP contribution is 2.40. The first-order valence-electron chi connectivity index (χ1n) is 8.06. The topological polar surface area (TPSA) is 121 Å². The van der Waals surface area contributed by atoms with Crippen molar-refractivity contribution >= 4 is 48.6 Å². The van der Waals surface area contributed by atoms with E-state index in [1.165, 1.54) is 4.90 Å². The number of nitrogens with zero attached hydrogens (tertiary/aromatic N) is 1. The van der Waals surface area contributed by atoms with Gasteiger partial charge in [-0.15, -0.1) is 0 Å². The number of sulfone groups is 2. The van der Waals surface area contributed by atoms with Gasteiger partial charge < -0.3 is 15.3 Å². The normalized spacial score (nSPS) is 19.5. The van der Waals surface area contributed by atoms with Crippen LogP contribution in [0.25, 0.3) is 0 Å². The fraction of sp³-hybridized carbons (Fsp3) is 0.533. The van der Waals surface area contributed by atoms with E-state index in [2.05, 4.69) is 0 Å². The molecule has 2 rings (SSSR count).